The van der Waals surface area contributed by atoms with Gasteiger partial charge in [0.05, 0.1) is 17.5 Å². The van der Waals surface area contributed by atoms with E-state index in [4.69, 9.17) is 11.6 Å². The number of aliphatic hydroxyl groups is 1. The van der Waals surface area contributed by atoms with Crippen LogP contribution in [-0.2, 0) is 9.59 Å². The molecule has 1 fully saturated rings. The lowest BCUT2D eigenvalue weighted by Gasteiger charge is -2.32. The number of allylic oxidation sites excluding steroid dienone is 1. The van der Waals surface area contributed by atoms with Crippen LogP contribution in [0.1, 0.15) is 6.42 Å². The van der Waals surface area contributed by atoms with Gasteiger partial charge in [0, 0.05) is 0 Å². The molecule has 1 amide bonds. The SMILES string of the molecule is O=C1CC2(O)C=C(Cl)C(=O)C(Br)C2N1. The fraction of sp³-hybridized carbons (Fsp3) is 0.500. The first-order valence-corrected chi connectivity index (χ1v) is 5.32. The van der Waals surface area contributed by atoms with Crippen molar-refractivity contribution < 1.29 is 14.7 Å². The summed E-state index contributed by atoms with van der Waals surface area (Å²) in [4.78, 5) is 21.8. The predicted octanol–water partition coefficient (Wildman–Crippen LogP) is 0.0749. The van der Waals surface area contributed by atoms with E-state index in [2.05, 4.69) is 21.2 Å². The molecule has 0 aromatic heterocycles. The highest BCUT2D eigenvalue weighted by atomic mass is 79.9. The van der Waals surface area contributed by atoms with Crippen LogP contribution in [0.3, 0.4) is 0 Å². The van der Waals surface area contributed by atoms with Crippen LogP contribution < -0.4 is 5.32 Å². The maximum atomic E-state index is 11.4. The summed E-state index contributed by atoms with van der Waals surface area (Å²) in [6, 6.07) is -0.620. The molecule has 0 saturated carbocycles. The van der Waals surface area contributed by atoms with E-state index in [1.165, 1.54) is 6.08 Å². The third-order valence-electron chi connectivity index (χ3n) is 2.45. The van der Waals surface area contributed by atoms with Crippen LogP contribution in [0.2, 0.25) is 0 Å². The molecule has 3 atom stereocenters. The van der Waals surface area contributed by atoms with E-state index in [0.29, 0.717) is 0 Å². The van der Waals surface area contributed by atoms with Gasteiger partial charge in [0.2, 0.25) is 5.91 Å². The van der Waals surface area contributed by atoms with Crippen LogP contribution in [-0.4, -0.2) is 33.3 Å². The summed E-state index contributed by atoms with van der Waals surface area (Å²) in [6.07, 6.45) is 1.19. The molecule has 14 heavy (non-hydrogen) atoms. The van der Waals surface area contributed by atoms with Gasteiger partial charge in [0.15, 0.2) is 5.78 Å². The molecule has 0 aromatic carbocycles. The topological polar surface area (TPSA) is 66.4 Å². The molecule has 1 saturated heterocycles. The molecule has 4 nitrogen and oxygen atoms in total. The van der Waals surface area contributed by atoms with Crippen LogP contribution >= 0.6 is 27.5 Å². The summed E-state index contributed by atoms with van der Waals surface area (Å²) < 4.78 is 0. The molecule has 76 valence electrons. The Balaban J connectivity index is 2.45. The Morgan fingerprint density at radius 2 is 2.29 bits per heavy atom. The number of carbonyl (C=O) groups is 2. The van der Waals surface area contributed by atoms with Gasteiger partial charge in [0.25, 0.3) is 0 Å². The second kappa shape index (κ2) is 3.05. The zero-order valence-corrected chi connectivity index (χ0v) is 9.30. The first kappa shape index (κ1) is 10.1. The van der Waals surface area contributed by atoms with E-state index >= 15 is 0 Å². The minimum atomic E-state index is -1.34. The summed E-state index contributed by atoms with van der Waals surface area (Å²) in [6.45, 7) is 0. The molecular formula is C8H7BrClNO3. The van der Waals surface area contributed by atoms with Gasteiger partial charge in [0.1, 0.15) is 10.4 Å². The summed E-state index contributed by atoms with van der Waals surface area (Å²) in [7, 11) is 0. The Morgan fingerprint density at radius 1 is 1.64 bits per heavy atom. The Bertz CT molecular complexity index is 356. The highest BCUT2D eigenvalue weighted by Crippen LogP contribution is 2.36. The van der Waals surface area contributed by atoms with Gasteiger partial charge in [-0.05, 0) is 6.08 Å². The lowest BCUT2D eigenvalue weighted by molar-refractivity contribution is -0.120. The fourth-order valence-electron chi connectivity index (χ4n) is 1.76. The monoisotopic (exact) mass is 279 g/mol. The third-order valence-corrected chi connectivity index (χ3v) is 3.69. The molecular weight excluding hydrogens is 273 g/mol. The molecule has 6 heteroatoms. The zero-order valence-electron chi connectivity index (χ0n) is 6.96. The molecule has 2 rings (SSSR count). The van der Waals surface area contributed by atoms with E-state index < -0.39 is 16.5 Å². The number of halogens is 2. The summed E-state index contributed by atoms with van der Waals surface area (Å²) in [5.74, 6) is -0.596. The highest BCUT2D eigenvalue weighted by Gasteiger charge is 2.52. The van der Waals surface area contributed by atoms with Gasteiger partial charge in [-0.3, -0.25) is 9.59 Å². The number of Topliss-reactive ketones (excluding diaryl/α,β-unsaturated/α-hetero) is 1. The quantitative estimate of drug-likeness (QED) is 0.617. The maximum absolute atomic E-state index is 11.4. The molecule has 0 bridgehead atoms. The van der Waals surface area contributed by atoms with E-state index in [9.17, 15) is 14.7 Å². The number of hydrogen-bond acceptors (Lipinski definition) is 3. The van der Waals surface area contributed by atoms with Crippen molar-refractivity contribution in [3.05, 3.63) is 11.1 Å². The molecule has 1 aliphatic carbocycles. The van der Waals surface area contributed by atoms with Crippen molar-refractivity contribution in [3.8, 4) is 0 Å². The Labute approximate surface area is 93.4 Å². The fourth-order valence-corrected chi connectivity index (χ4v) is 3.03. The summed E-state index contributed by atoms with van der Waals surface area (Å²) >= 11 is 8.76. The zero-order chi connectivity index (χ0) is 10.5. The lowest BCUT2D eigenvalue weighted by atomic mass is 9.86. The Morgan fingerprint density at radius 3 is 2.93 bits per heavy atom. The number of alkyl halides is 1. The van der Waals surface area contributed by atoms with Crippen LogP contribution in [0.4, 0.5) is 0 Å². The van der Waals surface area contributed by atoms with Crippen molar-refractivity contribution in [1.82, 2.24) is 5.32 Å². The minimum absolute atomic E-state index is 0.0258. The van der Waals surface area contributed by atoms with Crippen molar-refractivity contribution in [3.63, 3.8) is 0 Å². The summed E-state index contributed by atoms with van der Waals surface area (Å²) in [5, 5.41) is 12.5. The second-order valence-electron chi connectivity index (χ2n) is 3.47. The average molecular weight is 281 g/mol. The van der Waals surface area contributed by atoms with Crippen LogP contribution in [0.25, 0.3) is 0 Å². The molecule has 0 spiro atoms. The number of carbonyl (C=O) groups excluding carboxylic acids is 2. The molecule has 0 aromatic rings. The number of hydrogen-bond donors (Lipinski definition) is 2. The molecule has 2 N–H and O–H groups in total. The van der Waals surface area contributed by atoms with Crippen molar-refractivity contribution >= 4 is 39.2 Å². The van der Waals surface area contributed by atoms with Crippen LogP contribution in [0.5, 0.6) is 0 Å². The van der Waals surface area contributed by atoms with E-state index in [0.717, 1.165) is 0 Å². The summed E-state index contributed by atoms with van der Waals surface area (Å²) in [5.41, 5.74) is -1.34. The highest BCUT2D eigenvalue weighted by molar-refractivity contribution is 9.10. The number of nitrogens with one attached hydrogen (secondary N) is 1. The largest absolute Gasteiger partial charge is 0.383 e. The normalized spacial score (nSPS) is 41.8. The van der Waals surface area contributed by atoms with Gasteiger partial charge in [-0.15, -0.1) is 0 Å². The maximum Gasteiger partial charge on any atom is 0.223 e. The number of ketones is 1. The number of rotatable bonds is 0. The van der Waals surface area contributed by atoms with Crippen LogP contribution in [0.15, 0.2) is 11.1 Å². The van der Waals surface area contributed by atoms with Crippen molar-refractivity contribution in [2.24, 2.45) is 0 Å². The van der Waals surface area contributed by atoms with E-state index in [1.807, 2.05) is 0 Å². The lowest BCUT2D eigenvalue weighted by Crippen LogP contribution is -2.53. The molecule has 1 heterocycles. The van der Waals surface area contributed by atoms with Gasteiger partial charge in [-0.25, -0.2) is 0 Å². The average Bonchev–Trinajstić information content (AvgIpc) is 2.37. The number of amides is 1. The molecule has 1 aliphatic heterocycles. The smallest absolute Gasteiger partial charge is 0.223 e. The Hall–Kier alpha value is -0.390. The van der Waals surface area contributed by atoms with E-state index in [1.54, 1.807) is 0 Å². The van der Waals surface area contributed by atoms with Gasteiger partial charge < -0.3 is 10.4 Å². The van der Waals surface area contributed by atoms with Gasteiger partial charge >= 0.3 is 0 Å². The Kier molecular flexibility index (Phi) is 2.21. The van der Waals surface area contributed by atoms with Crippen molar-refractivity contribution in [2.45, 2.75) is 22.9 Å². The van der Waals surface area contributed by atoms with Crippen LogP contribution in [0, 0.1) is 0 Å². The standard InChI is InChI=1S/C8H7BrClNO3/c9-5-6(13)3(10)1-8(14)2-4(12)11-7(5)8/h1,5,7,14H,2H2,(H,11,12). The van der Waals surface area contributed by atoms with Crippen molar-refractivity contribution in [2.75, 3.05) is 0 Å². The van der Waals surface area contributed by atoms with Gasteiger partial charge in [-0.1, -0.05) is 27.5 Å². The number of fused-ring (bicyclic) bond motifs is 1. The van der Waals surface area contributed by atoms with Gasteiger partial charge in [-0.2, -0.15) is 0 Å². The third kappa shape index (κ3) is 1.31. The predicted molar refractivity (Wildman–Crippen MR) is 53.2 cm³/mol. The van der Waals surface area contributed by atoms with E-state index in [-0.39, 0.29) is 23.1 Å². The molecule has 3 unspecified atom stereocenters. The van der Waals surface area contributed by atoms with Crippen molar-refractivity contribution in [1.29, 1.82) is 0 Å². The first-order valence-electron chi connectivity index (χ1n) is 4.02. The minimum Gasteiger partial charge on any atom is -0.383 e. The first-order chi connectivity index (χ1) is 6.44. The second-order valence-corrected chi connectivity index (χ2v) is 4.87. The molecule has 2 aliphatic rings. The molecule has 0 radical (unpaired) electrons.